The third-order valence-electron chi connectivity index (χ3n) is 6.69. The van der Waals surface area contributed by atoms with Crippen LogP contribution in [0, 0.1) is 6.92 Å². The first-order chi connectivity index (χ1) is 17.2. The average Bonchev–Trinajstić information content (AvgIpc) is 3.29. The van der Waals surface area contributed by atoms with Gasteiger partial charge in [-0.3, -0.25) is 4.79 Å². The van der Waals surface area contributed by atoms with Gasteiger partial charge in [0.1, 0.15) is 0 Å². The second kappa shape index (κ2) is 10.7. The minimum atomic E-state index is -0.628. The molecule has 1 amide bonds. The van der Waals surface area contributed by atoms with Crippen LogP contribution >= 0.6 is 11.6 Å². The third-order valence-corrected chi connectivity index (χ3v) is 6.94. The van der Waals surface area contributed by atoms with Crippen molar-refractivity contribution >= 4 is 17.5 Å². The molecule has 0 spiro atoms. The summed E-state index contributed by atoms with van der Waals surface area (Å²) >= 11 is 6.16. The number of hydrogen-bond donors (Lipinski definition) is 1. The van der Waals surface area contributed by atoms with Gasteiger partial charge in [0, 0.05) is 23.8 Å². The zero-order valence-electron chi connectivity index (χ0n) is 21.7. The number of nitrogens with one attached hydrogen (secondary N) is 1. The van der Waals surface area contributed by atoms with Gasteiger partial charge in [-0.25, -0.2) is 0 Å². The molecule has 0 aliphatic heterocycles. The molecular formula is C31H34ClN3O. The van der Waals surface area contributed by atoms with E-state index in [-0.39, 0.29) is 5.91 Å². The van der Waals surface area contributed by atoms with Crippen molar-refractivity contribution in [1.29, 1.82) is 0 Å². The number of nitrogens with zero attached hydrogens (tertiary/aromatic N) is 2. The largest absolute Gasteiger partial charge is 0.354 e. The average molecular weight is 500 g/mol. The molecule has 0 bridgehead atoms. The van der Waals surface area contributed by atoms with E-state index in [4.69, 9.17) is 11.6 Å². The van der Waals surface area contributed by atoms with Gasteiger partial charge in [0.15, 0.2) is 0 Å². The van der Waals surface area contributed by atoms with Crippen molar-refractivity contribution in [3.63, 3.8) is 0 Å². The van der Waals surface area contributed by atoms with Crippen LogP contribution in [-0.4, -0.2) is 42.6 Å². The van der Waals surface area contributed by atoms with Crippen LogP contribution in [0.1, 0.15) is 25.0 Å². The first-order valence-electron chi connectivity index (χ1n) is 12.3. The molecule has 0 unspecified atom stereocenters. The van der Waals surface area contributed by atoms with E-state index in [1.165, 1.54) is 5.56 Å². The van der Waals surface area contributed by atoms with Gasteiger partial charge in [0.25, 0.3) is 0 Å². The number of carbonyl (C=O) groups excluding carboxylic acids is 1. The minimum Gasteiger partial charge on any atom is -0.354 e. The Morgan fingerprint density at radius 2 is 1.42 bits per heavy atom. The van der Waals surface area contributed by atoms with Crippen molar-refractivity contribution in [2.24, 2.45) is 0 Å². The molecule has 3 aromatic carbocycles. The molecule has 0 aliphatic rings. The monoisotopic (exact) mass is 499 g/mol. The van der Waals surface area contributed by atoms with Crippen molar-refractivity contribution in [1.82, 2.24) is 14.8 Å². The lowest BCUT2D eigenvalue weighted by molar-refractivity contribution is -0.125. The van der Waals surface area contributed by atoms with Crippen molar-refractivity contribution in [2.75, 3.05) is 27.2 Å². The van der Waals surface area contributed by atoms with Crippen LogP contribution in [0.2, 0.25) is 5.02 Å². The van der Waals surface area contributed by atoms with Gasteiger partial charge in [-0.05, 0) is 87.5 Å². The minimum absolute atomic E-state index is 0.0328. The summed E-state index contributed by atoms with van der Waals surface area (Å²) in [6, 6.07) is 29.0. The van der Waals surface area contributed by atoms with E-state index >= 15 is 0 Å². The van der Waals surface area contributed by atoms with Crippen molar-refractivity contribution in [3.05, 3.63) is 101 Å². The van der Waals surface area contributed by atoms with Crippen molar-refractivity contribution in [3.8, 4) is 28.2 Å². The maximum Gasteiger partial charge on any atom is 0.230 e. The molecule has 36 heavy (non-hydrogen) atoms. The summed E-state index contributed by atoms with van der Waals surface area (Å²) in [6.07, 6.45) is 0. The number of benzene rings is 3. The van der Waals surface area contributed by atoms with Crippen LogP contribution in [0.5, 0.6) is 0 Å². The lowest BCUT2D eigenvalue weighted by atomic mass is 9.83. The van der Waals surface area contributed by atoms with Crippen LogP contribution < -0.4 is 5.32 Å². The summed E-state index contributed by atoms with van der Waals surface area (Å²) in [5.41, 5.74) is 7.06. The molecule has 5 heteroatoms. The van der Waals surface area contributed by atoms with Crippen LogP contribution in [0.15, 0.2) is 84.9 Å². The van der Waals surface area contributed by atoms with E-state index < -0.39 is 5.41 Å². The fourth-order valence-corrected chi connectivity index (χ4v) is 4.51. The van der Waals surface area contributed by atoms with E-state index in [1.807, 2.05) is 40.1 Å². The van der Waals surface area contributed by atoms with Gasteiger partial charge in [-0.2, -0.15) is 0 Å². The summed E-state index contributed by atoms with van der Waals surface area (Å²) in [5, 5.41) is 3.79. The number of halogens is 1. The summed E-state index contributed by atoms with van der Waals surface area (Å²) in [7, 11) is 4.00. The van der Waals surface area contributed by atoms with Gasteiger partial charge < -0.3 is 14.8 Å². The molecule has 0 aliphatic carbocycles. The fourth-order valence-electron chi connectivity index (χ4n) is 4.38. The predicted molar refractivity (Wildman–Crippen MR) is 151 cm³/mol. The molecular weight excluding hydrogens is 466 g/mol. The molecule has 0 fully saturated rings. The van der Waals surface area contributed by atoms with E-state index in [2.05, 4.69) is 94.5 Å². The summed E-state index contributed by atoms with van der Waals surface area (Å²) < 4.78 is 2.30. The Morgan fingerprint density at radius 3 is 1.97 bits per heavy atom. The number of amides is 1. The highest BCUT2D eigenvalue weighted by Gasteiger charge is 2.29. The molecule has 0 radical (unpaired) electrons. The molecule has 186 valence electrons. The molecule has 1 heterocycles. The van der Waals surface area contributed by atoms with Gasteiger partial charge >= 0.3 is 0 Å². The number of hydrogen-bond acceptors (Lipinski definition) is 2. The van der Waals surface area contributed by atoms with E-state index in [1.54, 1.807) is 0 Å². The first kappa shape index (κ1) is 25.7. The van der Waals surface area contributed by atoms with Crippen molar-refractivity contribution in [2.45, 2.75) is 26.2 Å². The molecule has 1 N–H and O–H groups in total. The van der Waals surface area contributed by atoms with Crippen molar-refractivity contribution < 1.29 is 4.79 Å². The first-order valence-corrected chi connectivity index (χ1v) is 12.6. The highest BCUT2D eigenvalue weighted by atomic mass is 35.5. The maximum absolute atomic E-state index is 12.9. The molecule has 4 nitrogen and oxygen atoms in total. The van der Waals surface area contributed by atoms with Gasteiger partial charge in [0.2, 0.25) is 5.91 Å². The highest BCUT2D eigenvalue weighted by molar-refractivity contribution is 6.30. The zero-order valence-corrected chi connectivity index (χ0v) is 22.4. The second-order valence-corrected chi connectivity index (χ2v) is 10.4. The highest BCUT2D eigenvalue weighted by Crippen LogP contribution is 2.35. The quantitative estimate of drug-likeness (QED) is 0.292. The summed E-state index contributed by atoms with van der Waals surface area (Å²) in [5.74, 6) is 0.0328. The topological polar surface area (TPSA) is 37.3 Å². The maximum atomic E-state index is 12.9. The summed E-state index contributed by atoms with van der Waals surface area (Å²) in [4.78, 5) is 15.0. The molecule has 4 rings (SSSR count). The SMILES string of the molecule is Cc1ccccc1-n1c(-c2ccc(Cl)cc2)ccc1-c1ccc(C(C)(C)C(=O)NCCN(C)C)cc1. The lowest BCUT2D eigenvalue weighted by Gasteiger charge is -2.25. The Hall–Kier alpha value is -3.34. The van der Waals surface area contributed by atoms with Crippen LogP contribution in [0.25, 0.3) is 28.2 Å². The van der Waals surface area contributed by atoms with Gasteiger partial charge in [0.05, 0.1) is 16.8 Å². The zero-order chi connectivity index (χ0) is 25.9. The van der Waals surface area contributed by atoms with E-state index in [0.717, 1.165) is 45.3 Å². The van der Waals surface area contributed by atoms with Gasteiger partial charge in [-0.15, -0.1) is 0 Å². The number of carbonyl (C=O) groups is 1. The molecule has 0 atom stereocenters. The molecule has 4 aromatic rings. The molecule has 1 aromatic heterocycles. The Bertz CT molecular complexity index is 1340. The molecule has 0 saturated heterocycles. The Morgan fingerprint density at radius 1 is 0.861 bits per heavy atom. The number of likely N-dealkylation sites (N-methyl/N-ethyl adjacent to an activating group) is 1. The number of rotatable bonds is 8. The third kappa shape index (κ3) is 5.40. The number of para-hydroxylation sites is 1. The Kier molecular flexibility index (Phi) is 7.67. The van der Waals surface area contributed by atoms with Crippen LogP contribution in [-0.2, 0) is 10.2 Å². The predicted octanol–water partition coefficient (Wildman–Crippen LogP) is 6.73. The fraction of sp³-hybridized carbons (Fsp3) is 0.258. The number of aromatic nitrogens is 1. The number of aryl methyl sites for hydroxylation is 1. The Labute approximate surface area is 219 Å². The molecule has 0 saturated carbocycles. The lowest BCUT2D eigenvalue weighted by Crippen LogP contribution is -2.42. The van der Waals surface area contributed by atoms with Crippen LogP contribution in [0.3, 0.4) is 0 Å². The second-order valence-electron chi connectivity index (χ2n) is 9.99. The smallest absolute Gasteiger partial charge is 0.230 e. The standard InChI is InChI=1S/C31H34ClN3O/c1-22-8-6-7-9-27(22)35-28(18-19-29(35)24-12-16-26(32)17-13-24)23-10-14-25(15-11-23)31(2,3)30(36)33-20-21-34(4)5/h6-19H,20-21H2,1-5H3,(H,33,36). The Balaban J connectivity index is 1.71. The summed E-state index contributed by atoms with van der Waals surface area (Å²) in [6.45, 7) is 7.52. The van der Waals surface area contributed by atoms with Gasteiger partial charge in [-0.1, -0.05) is 66.2 Å². The van der Waals surface area contributed by atoms with E-state index in [9.17, 15) is 4.79 Å². The normalized spacial score (nSPS) is 11.6. The van der Waals surface area contributed by atoms with E-state index in [0.29, 0.717) is 6.54 Å². The van der Waals surface area contributed by atoms with Crippen LogP contribution in [0.4, 0.5) is 0 Å².